The van der Waals surface area contributed by atoms with E-state index in [1.807, 2.05) is 0 Å². The Labute approximate surface area is 122 Å². The van der Waals surface area contributed by atoms with Crippen molar-refractivity contribution in [2.45, 2.75) is 5.99 Å². The number of sulfone groups is 2. The summed E-state index contributed by atoms with van der Waals surface area (Å²) in [6.07, 6.45) is 1.59. The van der Waals surface area contributed by atoms with E-state index in [4.69, 9.17) is 46.4 Å². The molecule has 0 saturated heterocycles. The van der Waals surface area contributed by atoms with Gasteiger partial charge in [0, 0.05) is 12.5 Å². The standard InChI is InChI=1S/C4H6Cl4O4S4/c1-15(9,10)3(5,6)13-14-4(7,8)16(2,11)12/h1-2H3. The highest BCUT2D eigenvalue weighted by Crippen LogP contribution is 2.55. The van der Waals surface area contributed by atoms with Crippen molar-refractivity contribution >= 4 is 87.7 Å². The molecule has 0 bridgehead atoms. The maximum absolute atomic E-state index is 11.1. The van der Waals surface area contributed by atoms with Crippen LogP contribution in [0.3, 0.4) is 0 Å². The second kappa shape index (κ2) is 5.40. The van der Waals surface area contributed by atoms with Gasteiger partial charge < -0.3 is 0 Å². The fraction of sp³-hybridized carbons (Fsp3) is 1.00. The summed E-state index contributed by atoms with van der Waals surface area (Å²) in [5, 5.41) is 0. The smallest absolute Gasteiger partial charge is 0.225 e. The monoisotopic (exact) mass is 386 g/mol. The van der Waals surface area contributed by atoms with Crippen molar-refractivity contribution in [3.8, 4) is 0 Å². The van der Waals surface area contributed by atoms with Crippen LogP contribution in [-0.4, -0.2) is 35.3 Å². The molecule has 0 fully saturated rings. The lowest BCUT2D eigenvalue weighted by molar-refractivity contribution is 0.601. The van der Waals surface area contributed by atoms with Crippen LogP contribution in [-0.2, 0) is 19.7 Å². The van der Waals surface area contributed by atoms with Gasteiger partial charge in [-0.05, 0) is 21.6 Å². The molecule has 0 heterocycles. The Bertz CT molecular complexity index is 408. The molecule has 0 aromatic rings. The van der Waals surface area contributed by atoms with E-state index in [-0.39, 0.29) is 0 Å². The number of alkyl halides is 4. The van der Waals surface area contributed by atoms with E-state index in [1.54, 1.807) is 0 Å². The lowest BCUT2D eigenvalue weighted by Gasteiger charge is -2.21. The molecule has 0 unspecified atom stereocenters. The maximum atomic E-state index is 11.1. The summed E-state index contributed by atoms with van der Waals surface area (Å²) < 4.78 is 39.9. The van der Waals surface area contributed by atoms with Gasteiger partial charge in [0.1, 0.15) is 0 Å². The molecule has 12 heteroatoms. The molecule has 0 atom stereocenters. The first-order valence-electron chi connectivity index (χ1n) is 3.22. The minimum atomic E-state index is -3.81. The van der Waals surface area contributed by atoms with Crippen molar-refractivity contribution in [3.63, 3.8) is 0 Å². The Morgan fingerprint density at radius 3 is 1.06 bits per heavy atom. The molecule has 0 aromatic heterocycles. The molecule has 0 amide bonds. The third-order valence-electron chi connectivity index (χ3n) is 1.10. The van der Waals surface area contributed by atoms with Crippen molar-refractivity contribution in [1.82, 2.24) is 0 Å². The normalized spacial score (nSPS) is 15.1. The van der Waals surface area contributed by atoms with E-state index in [1.165, 1.54) is 0 Å². The van der Waals surface area contributed by atoms with Crippen LogP contribution in [0.2, 0.25) is 0 Å². The molecule has 0 aromatic carbocycles. The first-order chi connectivity index (χ1) is 6.71. The Kier molecular flexibility index (Phi) is 6.00. The van der Waals surface area contributed by atoms with Crippen LogP contribution in [0.4, 0.5) is 0 Å². The quantitative estimate of drug-likeness (QED) is 0.533. The van der Waals surface area contributed by atoms with Crippen molar-refractivity contribution in [3.05, 3.63) is 0 Å². The zero-order valence-corrected chi connectivity index (χ0v) is 14.1. The molecule has 0 aliphatic carbocycles. The Morgan fingerprint density at radius 1 is 0.750 bits per heavy atom. The predicted octanol–water partition coefficient (Wildman–Crippen LogP) is 2.63. The Morgan fingerprint density at radius 2 is 0.938 bits per heavy atom. The van der Waals surface area contributed by atoms with E-state index in [0.717, 1.165) is 12.5 Å². The lowest BCUT2D eigenvalue weighted by Crippen LogP contribution is -2.24. The van der Waals surface area contributed by atoms with Gasteiger partial charge in [-0.15, -0.1) is 0 Å². The van der Waals surface area contributed by atoms with Crippen LogP contribution in [0.15, 0.2) is 0 Å². The molecule has 0 saturated carbocycles. The van der Waals surface area contributed by atoms with Gasteiger partial charge in [-0.3, -0.25) is 0 Å². The summed E-state index contributed by atoms with van der Waals surface area (Å²) in [5.74, 6) is 0. The second-order valence-corrected chi connectivity index (χ2v) is 14.5. The number of hydrogen-bond donors (Lipinski definition) is 0. The minimum absolute atomic E-state index is 0.336. The van der Waals surface area contributed by atoms with Crippen LogP contribution in [0.25, 0.3) is 0 Å². The van der Waals surface area contributed by atoms with Gasteiger partial charge in [-0.1, -0.05) is 46.4 Å². The zero-order chi connectivity index (χ0) is 13.4. The average molecular weight is 388 g/mol. The first-order valence-corrected chi connectivity index (χ1v) is 10.7. The van der Waals surface area contributed by atoms with Gasteiger partial charge in [0.25, 0.3) is 5.99 Å². The maximum Gasteiger partial charge on any atom is 0.273 e. The van der Waals surface area contributed by atoms with Crippen LogP contribution in [0, 0.1) is 0 Å². The number of rotatable bonds is 5. The van der Waals surface area contributed by atoms with Crippen LogP contribution < -0.4 is 0 Å². The van der Waals surface area contributed by atoms with Gasteiger partial charge in [0.05, 0.1) is 0 Å². The first kappa shape index (κ1) is 17.8. The lowest BCUT2D eigenvalue weighted by atomic mass is 11.8. The molecule has 16 heavy (non-hydrogen) atoms. The highest BCUT2D eigenvalue weighted by Gasteiger charge is 2.45. The highest BCUT2D eigenvalue weighted by atomic mass is 35.5. The molecule has 4 nitrogen and oxygen atoms in total. The summed E-state index contributed by atoms with van der Waals surface area (Å²) in [7, 11) is -6.95. The SMILES string of the molecule is CS(=O)(=O)C(Cl)(Cl)SSC(Cl)(Cl)S(C)(=O)=O. The van der Waals surface area contributed by atoms with Gasteiger partial charge in [-0.25, -0.2) is 16.8 Å². The third-order valence-corrected chi connectivity index (χ3v) is 13.4. The van der Waals surface area contributed by atoms with Gasteiger partial charge >= 0.3 is 0 Å². The molecule has 0 N–H and O–H groups in total. The van der Waals surface area contributed by atoms with Gasteiger partial charge in [0.15, 0.2) is 19.7 Å². The zero-order valence-electron chi connectivity index (χ0n) is 7.78. The van der Waals surface area contributed by atoms with Gasteiger partial charge in [0.2, 0.25) is 0 Å². The number of hydrogen-bond acceptors (Lipinski definition) is 6. The fourth-order valence-corrected chi connectivity index (χ4v) is 5.96. The number of halogens is 4. The summed E-state index contributed by atoms with van der Waals surface area (Å²) in [6.45, 7) is 0. The summed E-state index contributed by atoms with van der Waals surface area (Å²) in [5.41, 5.74) is 0. The van der Waals surface area contributed by atoms with E-state index >= 15 is 0 Å². The van der Waals surface area contributed by atoms with Crippen LogP contribution >= 0.6 is 68.0 Å². The van der Waals surface area contributed by atoms with Crippen molar-refractivity contribution in [1.29, 1.82) is 0 Å². The molecule has 0 radical (unpaired) electrons. The fourth-order valence-electron chi connectivity index (χ4n) is 0.221. The third kappa shape index (κ3) is 4.79. The Balaban J connectivity index is 4.86. The molecular formula is C4H6Cl4O4S4. The summed E-state index contributed by atoms with van der Waals surface area (Å²) in [4.78, 5) is 0. The molecule has 0 spiro atoms. The molecule has 0 aliphatic heterocycles. The van der Waals surface area contributed by atoms with E-state index < -0.39 is 25.7 Å². The molecule has 0 rings (SSSR count). The molecular weight excluding hydrogens is 382 g/mol. The second-order valence-electron chi connectivity index (χ2n) is 2.64. The van der Waals surface area contributed by atoms with E-state index in [0.29, 0.717) is 21.6 Å². The van der Waals surface area contributed by atoms with Crippen LogP contribution in [0.1, 0.15) is 0 Å². The average Bonchev–Trinajstić information content (AvgIpc) is 1.97. The summed E-state index contributed by atoms with van der Waals surface area (Å²) >= 11 is 21.9. The van der Waals surface area contributed by atoms with Crippen molar-refractivity contribution < 1.29 is 16.8 Å². The Hall–Kier alpha value is 1.76. The van der Waals surface area contributed by atoms with Gasteiger partial charge in [-0.2, -0.15) is 0 Å². The minimum Gasteiger partial charge on any atom is -0.225 e. The van der Waals surface area contributed by atoms with E-state index in [9.17, 15) is 16.8 Å². The summed E-state index contributed by atoms with van der Waals surface area (Å²) in [6, 6.07) is 0. The topological polar surface area (TPSA) is 68.3 Å². The van der Waals surface area contributed by atoms with Crippen molar-refractivity contribution in [2.75, 3.05) is 12.5 Å². The highest BCUT2D eigenvalue weighted by molar-refractivity contribution is 8.81. The molecule has 98 valence electrons. The van der Waals surface area contributed by atoms with Crippen LogP contribution in [0.5, 0.6) is 0 Å². The van der Waals surface area contributed by atoms with E-state index in [2.05, 4.69) is 0 Å². The predicted molar refractivity (Wildman–Crippen MR) is 73.7 cm³/mol. The largest absolute Gasteiger partial charge is 0.273 e. The molecule has 0 aliphatic rings. The van der Waals surface area contributed by atoms with Crippen molar-refractivity contribution in [2.24, 2.45) is 0 Å².